The number of rotatable bonds is 5. The molecule has 1 saturated heterocycles. The monoisotopic (exact) mass is 433 g/mol. The van der Waals surface area contributed by atoms with E-state index in [9.17, 15) is 14.0 Å². The van der Waals surface area contributed by atoms with Gasteiger partial charge in [-0.3, -0.25) is 9.69 Å². The van der Waals surface area contributed by atoms with Gasteiger partial charge in [-0.25, -0.2) is 9.18 Å². The fraction of sp³-hybridized carbons (Fsp3) is 0.0417. The molecule has 1 heterocycles. The molecular formula is C24H16FNO4S. The fourth-order valence-electron chi connectivity index (χ4n) is 3.17. The molecule has 0 unspecified atom stereocenters. The Hall–Kier alpha value is -3.84. The zero-order valence-corrected chi connectivity index (χ0v) is 16.9. The number of halogens is 1. The van der Waals surface area contributed by atoms with Crippen LogP contribution in [-0.2, 0) is 16.1 Å². The van der Waals surface area contributed by atoms with Gasteiger partial charge in [0.2, 0.25) is 0 Å². The first-order chi connectivity index (χ1) is 14.9. The van der Waals surface area contributed by atoms with Gasteiger partial charge in [-0.15, -0.1) is 0 Å². The van der Waals surface area contributed by atoms with Crippen molar-refractivity contribution < 1.29 is 23.8 Å². The number of carbonyl (C=O) groups is 2. The molecule has 1 fully saturated rings. The molecule has 0 atom stereocenters. The molecular weight excluding hydrogens is 417 g/mol. The molecule has 1 aliphatic rings. The highest BCUT2D eigenvalue weighted by atomic mass is 32.1. The quantitative estimate of drug-likeness (QED) is 0.459. The highest BCUT2D eigenvalue weighted by Crippen LogP contribution is 2.25. The highest BCUT2D eigenvalue weighted by molar-refractivity contribution is 7.80. The number of hydrogen-bond donors (Lipinski definition) is 1. The smallest absolute Gasteiger partial charge is 0.335 e. The normalized spacial score (nSPS) is 14.7. The number of carboxylic acid groups (broad SMARTS) is 1. The third-order valence-corrected chi connectivity index (χ3v) is 5.08. The van der Waals surface area contributed by atoms with Crippen LogP contribution in [0.2, 0.25) is 0 Å². The zero-order chi connectivity index (χ0) is 22.0. The van der Waals surface area contributed by atoms with Crippen LogP contribution in [0.3, 0.4) is 0 Å². The number of thiocarbonyl (C=S) groups is 1. The Labute approximate surface area is 183 Å². The maximum atomic E-state index is 13.1. The molecule has 0 aliphatic carbocycles. The van der Waals surface area contributed by atoms with E-state index in [4.69, 9.17) is 22.1 Å². The lowest BCUT2D eigenvalue weighted by Gasteiger charge is -2.12. The first kappa shape index (κ1) is 20.4. The molecule has 5 nitrogen and oxygen atoms in total. The number of ether oxygens (including phenoxy) is 1. The summed E-state index contributed by atoms with van der Waals surface area (Å²) in [6.45, 7) is 0.186. The number of benzene rings is 3. The van der Waals surface area contributed by atoms with Crippen molar-refractivity contribution >= 4 is 35.3 Å². The molecule has 0 saturated carbocycles. The molecule has 7 heteroatoms. The molecule has 3 aromatic rings. The number of nitrogens with zero attached hydrogens (tertiary/aromatic N) is 1. The van der Waals surface area contributed by atoms with Gasteiger partial charge >= 0.3 is 5.97 Å². The summed E-state index contributed by atoms with van der Waals surface area (Å²) in [7, 11) is 0. The van der Waals surface area contributed by atoms with Crippen molar-refractivity contribution in [3.63, 3.8) is 0 Å². The van der Waals surface area contributed by atoms with Crippen LogP contribution in [0.5, 0.6) is 0 Å². The van der Waals surface area contributed by atoms with Crippen molar-refractivity contribution in [2.24, 2.45) is 0 Å². The van der Waals surface area contributed by atoms with Crippen molar-refractivity contribution in [3.05, 3.63) is 101 Å². The van der Waals surface area contributed by atoms with Gasteiger partial charge in [-0.1, -0.05) is 42.5 Å². The predicted molar refractivity (Wildman–Crippen MR) is 117 cm³/mol. The first-order valence-electron chi connectivity index (χ1n) is 9.34. The minimum absolute atomic E-state index is 0.0426. The van der Waals surface area contributed by atoms with E-state index in [0.29, 0.717) is 0 Å². The zero-order valence-electron chi connectivity index (χ0n) is 16.1. The average Bonchev–Trinajstić information content (AvgIpc) is 3.03. The van der Waals surface area contributed by atoms with E-state index in [2.05, 4.69) is 0 Å². The minimum atomic E-state index is -0.983. The van der Waals surface area contributed by atoms with Crippen LogP contribution in [0.15, 0.2) is 78.6 Å². The second kappa shape index (κ2) is 8.49. The Kier molecular flexibility index (Phi) is 5.60. The lowest BCUT2D eigenvalue weighted by molar-refractivity contribution is -0.123. The molecule has 154 valence electrons. The lowest BCUT2D eigenvalue weighted by atomic mass is 10.0. The fourth-order valence-corrected chi connectivity index (χ4v) is 3.41. The SMILES string of the molecule is O=C(O)c1ccc(-c2cccc(C=C3OC(=S)N(Cc4ccc(F)cc4)C3=O)c2)cc1. The van der Waals surface area contributed by atoms with Gasteiger partial charge in [-0.05, 0) is 70.9 Å². The second-order valence-electron chi connectivity index (χ2n) is 6.90. The van der Waals surface area contributed by atoms with E-state index >= 15 is 0 Å². The predicted octanol–water partition coefficient (Wildman–Crippen LogP) is 4.88. The van der Waals surface area contributed by atoms with Gasteiger partial charge in [-0.2, -0.15) is 0 Å². The van der Waals surface area contributed by atoms with E-state index in [1.807, 2.05) is 24.3 Å². The van der Waals surface area contributed by atoms with Crippen LogP contribution in [0.1, 0.15) is 21.5 Å². The van der Waals surface area contributed by atoms with Gasteiger partial charge in [0.25, 0.3) is 11.1 Å². The molecule has 4 rings (SSSR count). The second-order valence-corrected chi connectivity index (χ2v) is 7.25. The summed E-state index contributed by atoms with van der Waals surface area (Å²) >= 11 is 5.19. The summed E-state index contributed by atoms with van der Waals surface area (Å²) in [6.07, 6.45) is 1.61. The third kappa shape index (κ3) is 4.51. The Balaban J connectivity index is 1.55. The summed E-state index contributed by atoms with van der Waals surface area (Å²) in [6, 6.07) is 19.8. The van der Waals surface area contributed by atoms with Crippen molar-refractivity contribution in [2.45, 2.75) is 6.54 Å². The Morgan fingerprint density at radius 2 is 1.74 bits per heavy atom. The van der Waals surface area contributed by atoms with Crippen molar-refractivity contribution in [2.75, 3.05) is 0 Å². The standard InChI is InChI=1S/C24H16FNO4S/c25-20-10-4-15(5-11-20)14-26-22(27)21(30-24(26)31)13-16-2-1-3-19(12-16)17-6-8-18(9-7-17)23(28)29/h1-13H,14H2,(H,28,29). The summed E-state index contributed by atoms with van der Waals surface area (Å²) in [5.74, 6) is -1.60. The maximum absolute atomic E-state index is 13.1. The average molecular weight is 433 g/mol. The Morgan fingerprint density at radius 1 is 1.03 bits per heavy atom. The third-order valence-electron chi connectivity index (χ3n) is 4.78. The molecule has 0 aromatic heterocycles. The van der Waals surface area contributed by atoms with Crippen molar-refractivity contribution in [3.8, 4) is 11.1 Å². The summed E-state index contributed by atoms with van der Waals surface area (Å²) in [5.41, 5.74) is 3.38. The van der Waals surface area contributed by atoms with Crippen LogP contribution in [0.25, 0.3) is 17.2 Å². The van der Waals surface area contributed by atoms with Crippen molar-refractivity contribution in [1.29, 1.82) is 0 Å². The van der Waals surface area contributed by atoms with Crippen LogP contribution in [0.4, 0.5) is 4.39 Å². The van der Waals surface area contributed by atoms with E-state index < -0.39 is 5.97 Å². The van der Waals surface area contributed by atoms with Gasteiger partial charge in [0.15, 0.2) is 5.76 Å². The molecule has 1 aliphatic heterocycles. The molecule has 1 N–H and O–H groups in total. The largest absolute Gasteiger partial charge is 0.478 e. The molecule has 0 bridgehead atoms. The summed E-state index contributed by atoms with van der Waals surface area (Å²) < 4.78 is 18.6. The summed E-state index contributed by atoms with van der Waals surface area (Å²) in [5, 5.41) is 9.08. The van der Waals surface area contributed by atoms with Gasteiger partial charge < -0.3 is 9.84 Å². The van der Waals surface area contributed by atoms with E-state index in [0.717, 1.165) is 22.3 Å². The molecule has 31 heavy (non-hydrogen) atoms. The van der Waals surface area contributed by atoms with Crippen LogP contribution >= 0.6 is 12.2 Å². The molecule has 0 radical (unpaired) electrons. The van der Waals surface area contributed by atoms with E-state index in [1.54, 1.807) is 30.3 Å². The van der Waals surface area contributed by atoms with E-state index in [-0.39, 0.29) is 34.8 Å². The minimum Gasteiger partial charge on any atom is -0.478 e. The number of carboxylic acids is 1. The number of aromatic carboxylic acids is 1. The number of amides is 1. The topological polar surface area (TPSA) is 66.8 Å². The molecule has 3 aromatic carbocycles. The number of carbonyl (C=O) groups excluding carboxylic acids is 1. The molecule has 0 spiro atoms. The van der Waals surface area contributed by atoms with Crippen LogP contribution < -0.4 is 0 Å². The van der Waals surface area contributed by atoms with Gasteiger partial charge in [0.1, 0.15) is 5.82 Å². The van der Waals surface area contributed by atoms with Crippen LogP contribution in [-0.4, -0.2) is 27.1 Å². The highest BCUT2D eigenvalue weighted by Gasteiger charge is 2.33. The Bertz CT molecular complexity index is 1200. The first-order valence-corrected chi connectivity index (χ1v) is 9.75. The van der Waals surface area contributed by atoms with Crippen LogP contribution in [0, 0.1) is 5.82 Å². The maximum Gasteiger partial charge on any atom is 0.335 e. The van der Waals surface area contributed by atoms with Crippen molar-refractivity contribution in [1.82, 2.24) is 4.90 Å². The summed E-state index contributed by atoms with van der Waals surface area (Å²) in [4.78, 5) is 25.1. The van der Waals surface area contributed by atoms with Gasteiger partial charge in [0, 0.05) is 0 Å². The van der Waals surface area contributed by atoms with E-state index in [1.165, 1.54) is 29.2 Å². The number of hydrogen-bond acceptors (Lipinski definition) is 4. The Morgan fingerprint density at radius 3 is 2.42 bits per heavy atom. The van der Waals surface area contributed by atoms with Gasteiger partial charge in [0.05, 0.1) is 12.1 Å². The lowest BCUT2D eigenvalue weighted by Crippen LogP contribution is -2.27. The molecule has 1 amide bonds.